The lowest BCUT2D eigenvalue weighted by Crippen LogP contribution is -2.54. The number of rotatable bonds is 4. The summed E-state index contributed by atoms with van der Waals surface area (Å²) in [5, 5.41) is 7.76. The average Bonchev–Trinajstić information content (AvgIpc) is 2.76. The molecule has 2 N–H and O–H groups in total. The van der Waals surface area contributed by atoms with Crippen molar-refractivity contribution in [3.05, 3.63) is 70.5 Å². The van der Waals surface area contributed by atoms with Gasteiger partial charge in [-0.25, -0.2) is 0 Å². The first kappa shape index (κ1) is 19.6. The zero-order chi connectivity index (χ0) is 21.9. The van der Waals surface area contributed by atoms with Gasteiger partial charge < -0.3 is 15.2 Å². The van der Waals surface area contributed by atoms with Gasteiger partial charge in [0, 0.05) is 24.0 Å². The third-order valence-corrected chi connectivity index (χ3v) is 8.01. The van der Waals surface area contributed by atoms with Crippen molar-refractivity contribution in [2.24, 2.45) is 24.8 Å². The van der Waals surface area contributed by atoms with Crippen molar-refractivity contribution in [1.29, 1.82) is 0 Å². The van der Waals surface area contributed by atoms with E-state index in [0.717, 1.165) is 40.0 Å². The molecule has 1 aromatic heterocycles. The summed E-state index contributed by atoms with van der Waals surface area (Å²) in [7, 11) is 1.73. The van der Waals surface area contributed by atoms with Crippen LogP contribution < -0.4 is 16.2 Å². The Morgan fingerprint density at radius 2 is 1.50 bits per heavy atom. The summed E-state index contributed by atoms with van der Waals surface area (Å²) < 4.78 is 1.58. The van der Waals surface area contributed by atoms with Crippen molar-refractivity contribution in [3.8, 4) is 0 Å². The lowest BCUT2D eigenvalue weighted by atomic mass is 9.53. The van der Waals surface area contributed by atoms with Crippen molar-refractivity contribution in [2.75, 3.05) is 10.6 Å². The van der Waals surface area contributed by atoms with E-state index in [1.165, 1.54) is 44.6 Å². The number of para-hydroxylation sites is 3. The van der Waals surface area contributed by atoms with Gasteiger partial charge in [-0.05, 0) is 74.5 Å². The van der Waals surface area contributed by atoms with Gasteiger partial charge in [0.15, 0.2) is 0 Å². The summed E-state index contributed by atoms with van der Waals surface area (Å²) in [4.78, 5) is 25.8. The molecule has 0 atom stereocenters. The normalized spacial score (nSPS) is 28.1. The Hall–Kier alpha value is -3.08. The molecule has 0 saturated heterocycles. The van der Waals surface area contributed by atoms with Crippen LogP contribution in [0.4, 0.5) is 11.4 Å². The number of carbonyl (C=O) groups excluding carboxylic acids is 1. The molecule has 0 aliphatic heterocycles. The van der Waals surface area contributed by atoms with Gasteiger partial charge in [-0.3, -0.25) is 9.59 Å². The summed E-state index contributed by atoms with van der Waals surface area (Å²) in [6.07, 6.45) is 7.90. The van der Waals surface area contributed by atoms with E-state index in [4.69, 9.17) is 0 Å². The van der Waals surface area contributed by atoms with Crippen LogP contribution in [0.3, 0.4) is 0 Å². The smallest absolute Gasteiger partial charge is 0.256 e. The Bertz CT molecular complexity index is 1240. The largest absolute Gasteiger partial charge is 0.378 e. The molecule has 1 amide bonds. The van der Waals surface area contributed by atoms with Gasteiger partial charge >= 0.3 is 0 Å². The Morgan fingerprint density at radius 1 is 0.906 bits per heavy atom. The maximum atomic E-state index is 13.3. The Labute approximate surface area is 187 Å². The van der Waals surface area contributed by atoms with Crippen molar-refractivity contribution >= 4 is 28.2 Å². The quantitative estimate of drug-likeness (QED) is 0.604. The fourth-order valence-electron chi connectivity index (χ4n) is 7.04. The molecule has 0 spiro atoms. The number of aromatic nitrogens is 1. The summed E-state index contributed by atoms with van der Waals surface area (Å²) in [6.45, 7) is 0. The molecule has 4 bridgehead atoms. The first-order valence-corrected chi connectivity index (χ1v) is 11.8. The summed E-state index contributed by atoms with van der Waals surface area (Å²) in [5.41, 5.74) is 2.89. The zero-order valence-corrected chi connectivity index (χ0v) is 18.4. The van der Waals surface area contributed by atoms with Gasteiger partial charge in [-0.1, -0.05) is 30.3 Å². The van der Waals surface area contributed by atoms with Crippen molar-refractivity contribution < 1.29 is 4.79 Å². The Balaban J connectivity index is 1.31. The fraction of sp³-hybridized carbons (Fsp3) is 0.407. The van der Waals surface area contributed by atoms with Gasteiger partial charge in [-0.15, -0.1) is 0 Å². The molecule has 164 valence electrons. The maximum absolute atomic E-state index is 13.3. The van der Waals surface area contributed by atoms with Crippen LogP contribution in [0.2, 0.25) is 0 Å². The van der Waals surface area contributed by atoms with Crippen LogP contribution in [0.15, 0.2) is 59.4 Å². The van der Waals surface area contributed by atoms with E-state index < -0.39 is 0 Å². The third-order valence-electron chi connectivity index (χ3n) is 8.01. The Kier molecular flexibility index (Phi) is 4.42. The minimum atomic E-state index is -0.251. The van der Waals surface area contributed by atoms with E-state index in [2.05, 4.69) is 16.7 Å². The monoisotopic (exact) mass is 427 g/mol. The SMILES string of the molecule is Cn1c(=O)cc(C(=O)Nc2ccccc2NC23CC4CC(CC(C4)C2)C3)c2ccccc21. The van der Waals surface area contributed by atoms with Crippen LogP contribution in [0.1, 0.15) is 48.9 Å². The molecule has 0 radical (unpaired) electrons. The minimum Gasteiger partial charge on any atom is -0.378 e. The number of hydrogen-bond donors (Lipinski definition) is 2. The van der Waals surface area contributed by atoms with Gasteiger partial charge in [0.25, 0.3) is 11.5 Å². The second kappa shape index (κ2) is 7.22. The van der Waals surface area contributed by atoms with E-state index in [9.17, 15) is 9.59 Å². The van der Waals surface area contributed by atoms with Crippen LogP contribution in [0.5, 0.6) is 0 Å². The molecule has 3 aromatic rings. The van der Waals surface area contributed by atoms with Crippen molar-refractivity contribution in [2.45, 2.75) is 44.1 Å². The highest BCUT2D eigenvalue weighted by Gasteiger charge is 2.51. The van der Waals surface area contributed by atoms with Crippen LogP contribution in [0, 0.1) is 17.8 Å². The summed E-state index contributed by atoms with van der Waals surface area (Å²) >= 11 is 0. The van der Waals surface area contributed by atoms with Gasteiger partial charge in [0.1, 0.15) is 0 Å². The molecule has 4 saturated carbocycles. The van der Waals surface area contributed by atoms with Crippen LogP contribution in [0.25, 0.3) is 10.9 Å². The van der Waals surface area contributed by atoms with Gasteiger partial charge in [-0.2, -0.15) is 0 Å². The number of aryl methyl sites for hydroxylation is 1. The second-order valence-corrected chi connectivity index (χ2v) is 10.3. The van der Waals surface area contributed by atoms with E-state index in [-0.39, 0.29) is 17.0 Å². The first-order valence-electron chi connectivity index (χ1n) is 11.8. The summed E-state index contributed by atoms with van der Waals surface area (Å²) in [6, 6.07) is 17.0. The average molecular weight is 428 g/mol. The third kappa shape index (κ3) is 3.22. The number of carbonyl (C=O) groups is 1. The van der Waals surface area contributed by atoms with Crippen molar-refractivity contribution in [3.63, 3.8) is 0 Å². The number of pyridine rings is 1. The lowest BCUT2D eigenvalue weighted by molar-refractivity contribution is 0.0107. The lowest BCUT2D eigenvalue weighted by Gasteiger charge is -2.57. The molecule has 4 fully saturated rings. The molecular formula is C27H29N3O2. The molecule has 32 heavy (non-hydrogen) atoms. The molecular weight excluding hydrogens is 398 g/mol. The molecule has 4 aliphatic carbocycles. The topological polar surface area (TPSA) is 63.1 Å². The van der Waals surface area contributed by atoms with E-state index in [1.54, 1.807) is 11.6 Å². The molecule has 7 rings (SSSR count). The molecule has 1 heterocycles. The molecule has 4 aliphatic rings. The standard InChI is InChI=1S/C27H29N3O2/c1-30-24-9-5-2-6-20(24)21(13-25(30)31)26(32)28-22-7-3-4-8-23(22)29-27-14-17-10-18(15-27)12-19(11-17)16-27/h2-9,13,17-19,29H,10-12,14-16H2,1H3,(H,28,32). The second-order valence-electron chi connectivity index (χ2n) is 10.3. The number of amides is 1. The number of benzene rings is 2. The van der Waals surface area contributed by atoms with Gasteiger partial charge in [0.05, 0.1) is 22.5 Å². The van der Waals surface area contributed by atoms with Crippen LogP contribution >= 0.6 is 0 Å². The Morgan fingerprint density at radius 3 is 2.19 bits per heavy atom. The van der Waals surface area contributed by atoms with Crippen LogP contribution in [-0.2, 0) is 7.05 Å². The van der Waals surface area contributed by atoms with Crippen LogP contribution in [-0.4, -0.2) is 16.0 Å². The first-order chi connectivity index (χ1) is 15.5. The minimum absolute atomic E-state index is 0.158. The fourth-order valence-corrected chi connectivity index (χ4v) is 7.04. The number of nitrogens with one attached hydrogen (secondary N) is 2. The van der Waals surface area contributed by atoms with E-state index in [1.807, 2.05) is 42.5 Å². The summed E-state index contributed by atoms with van der Waals surface area (Å²) in [5.74, 6) is 2.30. The van der Waals surface area contributed by atoms with E-state index in [0.29, 0.717) is 5.56 Å². The molecule has 2 aromatic carbocycles. The number of anilines is 2. The van der Waals surface area contributed by atoms with Crippen molar-refractivity contribution in [1.82, 2.24) is 4.57 Å². The number of hydrogen-bond acceptors (Lipinski definition) is 3. The predicted molar refractivity (Wildman–Crippen MR) is 128 cm³/mol. The highest BCUT2D eigenvalue weighted by atomic mass is 16.2. The number of fused-ring (bicyclic) bond motifs is 1. The predicted octanol–water partition coefficient (Wildman–Crippen LogP) is 5.17. The van der Waals surface area contributed by atoms with Gasteiger partial charge in [0.2, 0.25) is 0 Å². The highest BCUT2D eigenvalue weighted by molar-refractivity contribution is 6.13. The van der Waals surface area contributed by atoms with E-state index >= 15 is 0 Å². The maximum Gasteiger partial charge on any atom is 0.256 e. The zero-order valence-electron chi connectivity index (χ0n) is 18.4. The molecule has 5 nitrogen and oxygen atoms in total. The highest BCUT2D eigenvalue weighted by Crippen LogP contribution is 2.56. The molecule has 0 unspecified atom stereocenters. The number of nitrogens with zero attached hydrogens (tertiary/aromatic N) is 1. The molecule has 5 heteroatoms.